The normalized spacial score (nSPS) is 14.2. The van der Waals surface area contributed by atoms with Gasteiger partial charge in [0.2, 0.25) is 10.0 Å². The topological polar surface area (TPSA) is 75.3 Å². The molecule has 108 valence electrons. The summed E-state index contributed by atoms with van der Waals surface area (Å²) in [6, 6.07) is 1.38. The van der Waals surface area contributed by atoms with Crippen molar-refractivity contribution in [2.24, 2.45) is 5.41 Å². The highest BCUT2D eigenvalue weighted by molar-refractivity contribution is 7.89. The van der Waals surface area contributed by atoms with E-state index in [1.54, 1.807) is 0 Å². The van der Waals surface area contributed by atoms with Crippen molar-refractivity contribution in [3.63, 3.8) is 0 Å². The third-order valence-corrected chi connectivity index (χ3v) is 5.50. The Kier molecular flexibility index (Phi) is 4.76. The van der Waals surface area contributed by atoms with Crippen LogP contribution in [-0.2, 0) is 10.0 Å². The van der Waals surface area contributed by atoms with E-state index >= 15 is 0 Å². The minimum absolute atomic E-state index is 0.00791. The van der Waals surface area contributed by atoms with E-state index in [1.807, 2.05) is 27.7 Å². The molecule has 1 rings (SSSR count). The molecule has 1 atom stereocenters. The van der Waals surface area contributed by atoms with Crippen molar-refractivity contribution in [2.75, 3.05) is 7.05 Å². The maximum absolute atomic E-state index is 12.0. The molecule has 7 heteroatoms. The molecule has 0 aliphatic heterocycles. The number of carbonyl (C=O) groups is 1. The van der Waals surface area contributed by atoms with Crippen molar-refractivity contribution in [3.05, 3.63) is 16.3 Å². The van der Waals surface area contributed by atoms with Gasteiger partial charge >= 0.3 is 0 Å². The number of rotatable bonds is 4. The Bertz CT molecular complexity index is 556. The summed E-state index contributed by atoms with van der Waals surface area (Å²) in [5.74, 6) is -0.245. The van der Waals surface area contributed by atoms with Gasteiger partial charge in [0.25, 0.3) is 5.91 Å². The highest BCUT2D eigenvalue weighted by Gasteiger charge is 2.23. The van der Waals surface area contributed by atoms with Crippen molar-refractivity contribution < 1.29 is 13.2 Å². The number of hydrogen-bond acceptors (Lipinski definition) is 4. The molecule has 0 unspecified atom stereocenters. The van der Waals surface area contributed by atoms with E-state index in [4.69, 9.17) is 0 Å². The molecule has 0 bridgehead atoms. The van der Waals surface area contributed by atoms with Gasteiger partial charge in [-0.15, -0.1) is 11.3 Å². The number of hydrogen-bond donors (Lipinski definition) is 2. The Labute approximate surface area is 118 Å². The molecule has 19 heavy (non-hydrogen) atoms. The number of thiophene rings is 1. The van der Waals surface area contributed by atoms with Gasteiger partial charge in [-0.25, -0.2) is 13.1 Å². The minimum Gasteiger partial charge on any atom is -0.348 e. The minimum atomic E-state index is -3.49. The van der Waals surface area contributed by atoms with E-state index in [0.717, 1.165) is 11.3 Å². The summed E-state index contributed by atoms with van der Waals surface area (Å²) >= 11 is 1.12. The third kappa shape index (κ3) is 4.02. The molecule has 1 amide bonds. The van der Waals surface area contributed by atoms with Crippen molar-refractivity contribution in [1.29, 1.82) is 0 Å². The van der Waals surface area contributed by atoms with Crippen LogP contribution < -0.4 is 10.0 Å². The van der Waals surface area contributed by atoms with Crippen LogP contribution in [-0.4, -0.2) is 27.4 Å². The SMILES string of the molecule is CNS(=O)(=O)c1csc(C(=O)N[C@H](C)C(C)(C)C)c1. The van der Waals surface area contributed by atoms with Crippen LogP contribution in [0.4, 0.5) is 0 Å². The second-order valence-corrected chi connectivity index (χ2v) is 8.21. The summed E-state index contributed by atoms with van der Waals surface area (Å²) in [4.78, 5) is 12.5. The lowest BCUT2D eigenvalue weighted by atomic mass is 9.88. The zero-order valence-electron chi connectivity index (χ0n) is 11.8. The smallest absolute Gasteiger partial charge is 0.261 e. The van der Waals surface area contributed by atoms with Gasteiger partial charge in [0, 0.05) is 11.4 Å². The van der Waals surface area contributed by atoms with Gasteiger partial charge in [-0.1, -0.05) is 20.8 Å². The molecule has 1 aromatic rings. The quantitative estimate of drug-likeness (QED) is 0.891. The summed E-state index contributed by atoms with van der Waals surface area (Å²) in [7, 11) is -2.15. The Morgan fingerprint density at radius 3 is 2.42 bits per heavy atom. The van der Waals surface area contributed by atoms with Crippen LogP contribution >= 0.6 is 11.3 Å². The van der Waals surface area contributed by atoms with Crippen molar-refractivity contribution in [2.45, 2.75) is 38.6 Å². The standard InChI is InChI=1S/C12H20N2O3S2/c1-8(12(2,3)4)14-11(15)10-6-9(7-18-10)19(16,17)13-5/h6-8,13H,1-5H3,(H,14,15)/t8-/m1/s1. The molecule has 2 N–H and O–H groups in total. The average Bonchev–Trinajstić information content (AvgIpc) is 2.77. The Balaban J connectivity index is 2.86. The molecule has 0 saturated heterocycles. The van der Waals surface area contributed by atoms with Crippen LogP contribution in [0.1, 0.15) is 37.4 Å². The van der Waals surface area contributed by atoms with Crippen molar-refractivity contribution in [3.8, 4) is 0 Å². The van der Waals surface area contributed by atoms with E-state index in [0.29, 0.717) is 4.88 Å². The summed E-state index contributed by atoms with van der Waals surface area (Å²) < 4.78 is 25.4. The van der Waals surface area contributed by atoms with Gasteiger partial charge in [0.15, 0.2) is 0 Å². The first-order valence-corrected chi connectivity index (χ1v) is 8.27. The number of amides is 1. The fourth-order valence-corrected chi connectivity index (χ4v) is 3.09. The fraction of sp³-hybridized carbons (Fsp3) is 0.583. The summed E-state index contributed by atoms with van der Waals surface area (Å²) in [6.45, 7) is 8.02. The summed E-state index contributed by atoms with van der Waals surface area (Å²) in [5, 5.41) is 4.34. The molecule has 0 aliphatic rings. The molecular weight excluding hydrogens is 284 g/mol. The van der Waals surface area contributed by atoms with Crippen LogP contribution in [0, 0.1) is 5.41 Å². The van der Waals surface area contributed by atoms with Crippen LogP contribution in [0.15, 0.2) is 16.3 Å². The zero-order chi connectivity index (χ0) is 14.8. The summed E-state index contributed by atoms with van der Waals surface area (Å²) in [5.41, 5.74) is -0.0488. The Morgan fingerprint density at radius 2 is 1.95 bits per heavy atom. The van der Waals surface area contributed by atoms with Gasteiger partial charge in [0.1, 0.15) is 0 Å². The highest BCUT2D eigenvalue weighted by Crippen LogP contribution is 2.22. The van der Waals surface area contributed by atoms with Crippen LogP contribution in [0.3, 0.4) is 0 Å². The third-order valence-electron chi connectivity index (χ3n) is 3.02. The zero-order valence-corrected chi connectivity index (χ0v) is 13.4. The molecule has 1 heterocycles. The van der Waals surface area contributed by atoms with Crippen LogP contribution in [0.5, 0.6) is 0 Å². The fourth-order valence-electron chi connectivity index (χ4n) is 1.18. The molecule has 0 aromatic carbocycles. The average molecular weight is 304 g/mol. The lowest BCUT2D eigenvalue weighted by Crippen LogP contribution is -2.41. The van der Waals surface area contributed by atoms with Gasteiger partial charge in [-0.05, 0) is 25.5 Å². The molecule has 0 spiro atoms. The van der Waals surface area contributed by atoms with Gasteiger partial charge in [-0.2, -0.15) is 0 Å². The lowest BCUT2D eigenvalue weighted by Gasteiger charge is -2.27. The molecule has 0 aliphatic carbocycles. The van der Waals surface area contributed by atoms with Crippen LogP contribution in [0.2, 0.25) is 0 Å². The number of carbonyl (C=O) groups excluding carboxylic acids is 1. The van der Waals surface area contributed by atoms with Crippen molar-refractivity contribution in [1.82, 2.24) is 10.0 Å². The number of nitrogens with one attached hydrogen (secondary N) is 2. The van der Waals surface area contributed by atoms with E-state index in [-0.39, 0.29) is 22.3 Å². The molecular formula is C12H20N2O3S2. The maximum atomic E-state index is 12.0. The highest BCUT2D eigenvalue weighted by atomic mass is 32.2. The Hall–Kier alpha value is -0.920. The van der Waals surface area contributed by atoms with Crippen molar-refractivity contribution >= 4 is 27.3 Å². The second-order valence-electron chi connectivity index (χ2n) is 5.42. The molecule has 5 nitrogen and oxygen atoms in total. The Morgan fingerprint density at radius 1 is 1.37 bits per heavy atom. The predicted octanol–water partition coefficient (Wildman–Crippen LogP) is 1.82. The largest absolute Gasteiger partial charge is 0.348 e. The molecule has 0 radical (unpaired) electrons. The first kappa shape index (κ1) is 16.1. The monoisotopic (exact) mass is 304 g/mol. The molecule has 0 saturated carbocycles. The maximum Gasteiger partial charge on any atom is 0.261 e. The van der Waals surface area contributed by atoms with E-state index in [1.165, 1.54) is 18.5 Å². The number of sulfonamides is 1. The second kappa shape index (κ2) is 5.60. The van der Waals surface area contributed by atoms with Gasteiger partial charge in [0.05, 0.1) is 9.77 Å². The van der Waals surface area contributed by atoms with E-state index < -0.39 is 10.0 Å². The van der Waals surface area contributed by atoms with Gasteiger partial charge < -0.3 is 5.32 Å². The van der Waals surface area contributed by atoms with Crippen LogP contribution in [0.25, 0.3) is 0 Å². The predicted molar refractivity (Wildman–Crippen MR) is 76.9 cm³/mol. The summed E-state index contributed by atoms with van der Waals surface area (Å²) in [6.07, 6.45) is 0. The van der Waals surface area contributed by atoms with E-state index in [9.17, 15) is 13.2 Å². The van der Waals surface area contributed by atoms with E-state index in [2.05, 4.69) is 10.0 Å². The first-order valence-electron chi connectivity index (χ1n) is 5.91. The molecule has 0 fully saturated rings. The first-order chi connectivity index (χ1) is 8.58. The van der Waals surface area contributed by atoms with Gasteiger partial charge in [-0.3, -0.25) is 4.79 Å². The molecule has 1 aromatic heterocycles. The lowest BCUT2D eigenvalue weighted by molar-refractivity contribution is 0.0914.